The number of aromatic nitrogens is 1. The molecule has 1 atom stereocenters. The number of aldehydes is 1. The van der Waals surface area contributed by atoms with Gasteiger partial charge in [0.15, 0.2) is 0 Å². The molecule has 2 aliphatic rings. The lowest BCUT2D eigenvalue weighted by Crippen LogP contribution is -2.38. The largest absolute Gasteiger partial charge is 0.492 e. The fourth-order valence-electron chi connectivity index (χ4n) is 3.40. The number of carbonyl (C=O) groups excluding carboxylic acids is 2. The third-order valence-corrected chi connectivity index (χ3v) is 5.28. The van der Waals surface area contributed by atoms with Gasteiger partial charge in [-0.3, -0.25) is 9.59 Å². The number of nitrogens with zero attached hydrogens (tertiary/aromatic N) is 2. The molecule has 26 heavy (non-hydrogen) atoms. The lowest BCUT2D eigenvalue weighted by molar-refractivity contribution is 0.0731. The summed E-state index contributed by atoms with van der Waals surface area (Å²) in [6.45, 7) is 0.734. The lowest BCUT2D eigenvalue weighted by atomic mass is 10.1. The molecule has 1 unspecified atom stereocenters. The number of hydrogen-bond donors (Lipinski definition) is 0. The monoisotopic (exact) mass is 350 g/mol. The summed E-state index contributed by atoms with van der Waals surface area (Å²) in [6.07, 6.45) is 6.55. The number of rotatable bonds is 6. The van der Waals surface area contributed by atoms with E-state index in [1.165, 1.54) is 18.4 Å². The molecule has 1 aromatic heterocycles. The van der Waals surface area contributed by atoms with Crippen LogP contribution in [0.3, 0.4) is 0 Å². The zero-order valence-corrected chi connectivity index (χ0v) is 14.9. The van der Waals surface area contributed by atoms with Crippen LogP contribution < -0.4 is 4.74 Å². The quantitative estimate of drug-likeness (QED) is 0.752. The van der Waals surface area contributed by atoms with Crippen molar-refractivity contribution < 1.29 is 14.3 Å². The van der Waals surface area contributed by atoms with E-state index < -0.39 is 0 Å². The normalized spacial score (nSPS) is 18.3. The van der Waals surface area contributed by atoms with Crippen LogP contribution in [0.15, 0.2) is 36.5 Å². The maximum atomic E-state index is 12.8. The zero-order chi connectivity index (χ0) is 18.1. The van der Waals surface area contributed by atoms with E-state index in [4.69, 9.17) is 4.74 Å². The molecule has 1 heterocycles. The average molecular weight is 350 g/mol. The molecule has 0 bridgehead atoms. The minimum atomic E-state index is -0.0906. The van der Waals surface area contributed by atoms with Gasteiger partial charge in [-0.1, -0.05) is 12.1 Å². The van der Waals surface area contributed by atoms with Gasteiger partial charge in [-0.2, -0.15) is 0 Å². The van der Waals surface area contributed by atoms with Crippen molar-refractivity contribution in [3.05, 3.63) is 58.9 Å². The van der Waals surface area contributed by atoms with Crippen molar-refractivity contribution in [1.29, 1.82) is 0 Å². The highest BCUT2D eigenvalue weighted by atomic mass is 16.5. The summed E-state index contributed by atoms with van der Waals surface area (Å²) >= 11 is 0. The van der Waals surface area contributed by atoms with Crippen molar-refractivity contribution in [2.75, 3.05) is 13.7 Å². The summed E-state index contributed by atoms with van der Waals surface area (Å²) < 4.78 is 5.67. The van der Waals surface area contributed by atoms with E-state index in [1.54, 1.807) is 17.2 Å². The minimum Gasteiger partial charge on any atom is -0.492 e. The molecular weight excluding hydrogens is 328 g/mol. The van der Waals surface area contributed by atoms with Crippen molar-refractivity contribution in [3.8, 4) is 5.75 Å². The molecule has 2 aliphatic carbocycles. The first-order valence-electron chi connectivity index (χ1n) is 9.07. The first-order chi connectivity index (χ1) is 12.6. The van der Waals surface area contributed by atoms with Crippen LogP contribution in [0.2, 0.25) is 0 Å². The van der Waals surface area contributed by atoms with Gasteiger partial charge >= 0.3 is 0 Å². The number of likely N-dealkylation sites (N-methyl/N-ethyl adjacent to an activating group) is 1. The van der Waals surface area contributed by atoms with Gasteiger partial charge in [-0.25, -0.2) is 4.98 Å². The number of carbonyl (C=O) groups is 2. The van der Waals surface area contributed by atoms with E-state index >= 15 is 0 Å². The Labute approximate surface area is 153 Å². The summed E-state index contributed by atoms with van der Waals surface area (Å²) in [5.74, 6) is 1.31. The van der Waals surface area contributed by atoms with E-state index in [0.29, 0.717) is 22.9 Å². The van der Waals surface area contributed by atoms with Crippen LogP contribution in [0.5, 0.6) is 5.75 Å². The SMILES string of the molecule is CN(C(=O)c1ccc(OCC2CC2)cn1)C1Cc2ccc(C=O)cc2C1. The molecule has 1 fully saturated rings. The Bertz CT molecular complexity index is 828. The van der Waals surface area contributed by atoms with E-state index in [-0.39, 0.29) is 11.9 Å². The van der Waals surface area contributed by atoms with Crippen LogP contribution in [0.1, 0.15) is 44.8 Å². The first-order valence-corrected chi connectivity index (χ1v) is 9.07. The highest BCUT2D eigenvalue weighted by molar-refractivity contribution is 5.92. The Morgan fingerprint density at radius 2 is 2.04 bits per heavy atom. The Kier molecular flexibility index (Phi) is 4.45. The van der Waals surface area contributed by atoms with Gasteiger partial charge in [0.2, 0.25) is 0 Å². The lowest BCUT2D eigenvalue weighted by Gasteiger charge is -2.24. The molecule has 4 rings (SSSR count). The smallest absolute Gasteiger partial charge is 0.272 e. The number of ether oxygens (including phenoxy) is 1. The van der Waals surface area contributed by atoms with Gasteiger partial charge in [0.1, 0.15) is 17.7 Å². The second-order valence-electron chi connectivity index (χ2n) is 7.26. The molecule has 1 amide bonds. The molecule has 1 saturated carbocycles. The summed E-state index contributed by atoms with van der Waals surface area (Å²) in [4.78, 5) is 29.7. The first kappa shape index (κ1) is 16.8. The summed E-state index contributed by atoms with van der Waals surface area (Å²) in [7, 11) is 1.82. The summed E-state index contributed by atoms with van der Waals surface area (Å²) in [5, 5.41) is 0. The van der Waals surface area contributed by atoms with E-state index in [2.05, 4.69) is 4.98 Å². The Morgan fingerprint density at radius 1 is 1.23 bits per heavy atom. The second kappa shape index (κ2) is 6.90. The molecule has 5 nitrogen and oxygen atoms in total. The van der Waals surface area contributed by atoms with Crippen molar-refractivity contribution in [2.45, 2.75) is 31.7 Å². The molecule has 2 aromatic rings. The van der Waals surface area contributed by atoms with Crippen molar-refractivity contribution in [2.24, 2.45) is 5.92 Å². The molecule has 0 spiro atoms. The van der Waals surface area contributed by atoms with Crippen LogP contribution in [-0.4, -0.2) is 41.8 Å². The summed E-state index contributed by atoms with van der Waals surface area (Å²) in [6, 6.07) is 9.38. The number of hydrogen-bond acceptors (Lipinski definition) is 4. The molecule has 1 aromatic carbocycles. The third-order valence-electron chi connectivity index (χ3n) is 5.28. The van der Waals surface area contributed by atoms with Crippen molar-refractivity contribution in [3.63, 3.8) is 0 Å². The number of pyridine rings is 1. The van der Waals surface area contributed by atoms with Gasteiger partial charge in [-0.15, -0.1) is 0 Å². The van der Waals surface area contributed by atoms with Gasteiger partial charge in [0.25, 0.3) is 5.91 Å². The predicted octanol–water partition coefficient (Wildman–Crippen LogP) is 2.92. The van der Waals surface area contributed by atoms with E-state index in [9.17, 15) is 9.59 Å². The van der Waals surface area contributed by atoms with Gasteiger partial charge in [0, 0.05) is 18.7 Å². The minimum absolute atomic E-state index is 0.0898. The topological polar surface area (TPSA) is 59.5 Å². The summed E-state index contributed by atoms with van der Waals surface area (Å²) in [5.41, 5.74) is 3.46. The molecular formula is C21H22N2O3. The molecule has 5 heteroatoms. The Balaban J connectivity index is 1.40. The van der Waals surface area contributed by atoms with Crippen LogP contribution in [0.4, 0.5) is 0 Å². The standard InChI is InChI=1S/C21H22N2O3/c1-23(18-9-16-5-4-15(12-24)8-17(16)10-18)21(25)20-7-6-19(11-22-20)26-13-14-2-3-14/h4-8,11-12,14,18H,2-3,9-10,13H2,1H3. The van der Waals surface area contributed by atoms with Gasteiger partial charge in [-0.05, 0) is 60.9 Å². The number of benzene rings is 1. The maximum absolute atomic E-state index is 12.8. The molecule has 0 radical (unpaired) electrons. The molecule has 0 saturated heterocycles. The highest BCUT2D eigenvalue weighted by Crippen LogP contribution is 2.29. The van der Waals surface area contributed by atoms with Crippen LogP contribution in [0.25, 0.3) is 0 Å². The van der Waals surface area contributed by atoms with Crippen molar-refractivity contribution >= 4 is 12.2 Å². The van der Waals surface area contributed by atoms with Gasteiger partial charge in [0.05, 0.1) is 12.8 Å². The Morgan fingerprint density at radius 3 is 2.73 bits per heavy atom. The molecule has 134 valence electrons. The van der Waals surface area contributed by atoms with E-state index in [0.717, 1.165) is 31.3 Å². The second-order valence-corrected chi connectivity index (χ2v) is 7.26. The van der Waals surface area contributed by atoms with Crippen molar-refractivity contribution in [1.82, 2.24) is 9.88 Å². The Hall–Kier alpha value is -2.69. The van der Waals surface area contributed by atoms with Crippen LogP contribution >= 0.6 is 0 Å². The molecule has 0 aliphatic heterocycles. The zero-order valence-electron chi connectivity index (χ0n) is 14.9. The van der Waals surface area contributed by atoms with E-state index in [1.807, 2.05) is 31.3 Å². The average Bonchev–Trinajstić information content (AvgIpc) is 3.41. The predicted molar refractivity (Wildman–Crippen MR) is 97.6 cm³/mol. The maximum Gasteiger partial charge on any atom is 0.272 e. The number of fused-ring (bicyclic) bond motifs is 1. The third kappa shape index (κ3) is 3.47. The fourth-order valence-corrected chi connectivity index (χ4v) is 3.40. The van der Waals surface area contributed by atoms with Crippen LogP contribution in [0, 0.1) is 5.92 Å². The highest BCUT2D eigenvalue weighted by Gasteiger charge is 2.29. The van der Waals surface area contributed by atoms with Crippen LogP contribution in [-0.2, 0) is 12.8 Å². The molecule has 0 N–H and O–H groups in total. The van der Waals surface area contributed by atoms with Gasteiger partial charge < -0.3 is 9.64 Å². The number of amides is 1. The fraction of sp³-hybridized carbons (Fsp3) is 0.381.